The van der Waals surface area contributed by atoms with Gasteiger partial charge in [-0.15, -0.1) is 0 Å². The maximum atomic E-state index is 9.73. The Morgan fingerprint density at radius 3 is 2.83 bits per heavy atom. The average molecular weight is 313 g/mol. The van der Waals surface area contributed by atoms with E-state index in [2.05, 4.69) is 34.3 Å². The van der Waals surface area contributed by atoms with E-state index >= 15 is 0 Å². The van der Waals surface area contributed by atoms with Gasteiger partial charge in [-0.25, -0.2) is 0 Å². The molecule has 3 rings (SSSR count). The maximum Gasteiger partial charge on any atom is 0.121 e. The fourth-order valence-corrected chi connectivity index (χ4v) is 2.87. The SMILES string of the molecule is OC[C@@H](O)c1cc2n(n1)CCCN(C/C=C/c1ccccc1)C2. The van der Waals surface area contributed by atoms with Crippen LogP contribution in [0.1, 0.15) is 29.5 Å². The van der Waals surface area contributed by atoms with Crippen LogP contribution in [0.2, 0.25) is 0 Å². The van der Waals surface area contributed by atoms with Gasteiger partial charge in [0, 0.05) is 26.2 Å². The molecule has 0 saturated heterocycles. The monoisotopic (exact) mass is 313 g/mol. The molecule has 0 amide bonds. The van der Waals surface area contributed by atoms with Gasteiger partial charge in [-0.3, -0.25) is 9.58 Å². The lowest BCUT2D eigenvalue weighted by Crippen LogP contribution is -2.23. The molecular weight excluding hydrogens is 290 g/mol. The molecule has 2 heterocycles. The molecule has 0 spiro atoms. The van der Waals surface area contributed by atoms with Crippen molar-refractivity contribution in [1.29, 1.82) is 0 Å². The lowest BCUT2D eigenvalue weighted by Gasteiger charge is -2.17. The normalized spacial score (nSPS) is 17.1. The van der Waals surface area contributed by atoms with Crippen LogP contribution >= 0.6 is 0 Å². The third kappa shape index (κ3) is 4.07. The lowest BCUT2D eigenvalue weighted by molar-refractivity contribution is 0.0916. The molecule has 0 aliphatic carbocycles. The van der Waals surface area contributed by atoms with Gasteiger partial charge in [0.15, 0.2) is 0 Å². The van der Waals surface area contributed by atoms with E-state index in [9.17, 15) is 5.11 Å². The quantitative estimate of drug-likeness (QED) is 0.884. The van der Waals surface area contributed by atoms with Gasteiger partial charge < -0.3 is 10.2 Å². The van der Waals surface area contributed by atoms with E-state index in [1.165, 1.54) is 5.56 Å². The summed E-state index contributed by atoms with van der Waals surface area (Å²) in [6.07, 6.45) is 4.47. The first-order chi connectivity index (χ1) is 11.3. The van der Waals surface area contributed by atoms with Crippen LogP contribution in [0.3, 0.4) is 0 Å². The Labute approximate surface area is 136 Å². The number of hydrogen-bond donors (Lipinski definition) is 2. The van der Waals surface area contributed by atoms with Crippen LogP contribution in [0.25, 0.3) is 6.08 Å². The Morgan fingerprint density at radius 1 is 1.22 bits per heavy atom. The first-order valence-electron chi connectivity index (χ1n) is 8.06. The molecular formula is C18H23N3O2. The van der Waals surface area contributed by atoms with Gasteiger partial charge in [0.25, 0.3) is 0 Å². The Balaban J connectivity index is 1.64. The van der Waals surface area contributed by atoms with Crippen LogP contribution in [0.5, 0.6) is 0 Å². The lowest BCUT2D eigenvalue weighted by atomic mass is 10.2. The number of nitrogens with zero attached hydrogens (tertiary/aromatic N) is 3. The molecule has 5 heteroatoms. The molecule has 0 fully saturated rings. The van der Waals surface area contributed by atoms with Crippen molar-refractivity contribution in [3.8, 4) is 0 Å². The summed E-state index contributed by atoms with van der Waals surface area (Å²) in [4.78, 5) is 2.37. The summed E-state index contributed by atoms with van der Waals surface area (Å²) in [6.45, 7) is 3.29. The highest BCUT2D eigenvalue weighted by Crippen LogP contribution is 2.18. The third-order valence-corrected chi connectivity index (χ3v) is 4.10. The largest absolute Gasteiger partial charge is 0.393 e. The van der Waals surface area contributed by atoms with Crippen LogP contribution in [-0.4, -0.2) is 44.6 Å². The zero-order valence-electron chi connectivity index (χ0n) is 13.2. The van der Waals surface area contributed by atoms with Gasteiger partial charge in [-0.05, 0) is 18.1 Å². The molecule has 0 unspecified atom stereocenters. The second-order valence-corrected chi connectivity index (χ2v) is 5.88. The van der Waals surface area contributed by atoms with Crippen molar-refractivity contribution >= 4 is 6.08 Å². The Kier molecular flexibility index (Phi) is 5.23. The van der Waals surface area contributed by atoms with E-state index in [1.807, 2.05) is 28.9 Å². The minimum Gasteiger partial charge on any atom is -0.393 e. The van der Waals surface area contributed by atoms with Gasteiger partial charge in [-0.2, -0.15) is 5.10 Å². The van der Waals surface area contributed by atoms with Gasteiger partial charge in [0.2, 0.25) is 0 Å². The fourth-order valence-electron chi connectivity index (χ4n) is 2.87. The molecule has 2 N–H and O–H groups in total. The zero-order chi connectivity index (χ0) is 16.1. The van der Waals surface area contributed by atoms with Crippen molar-refractivity contribution in [3.63, 3.8) is 0 Å². The summed E-state index contributed by atoms with van der Waals surface area (Å²) >= 11 is 0. The Bertz CT molecular complexity index is 652. The van der Waals surface area contributed by atoms with Crippen LogP contribution in [-0.2, 0) is 13.1 Å². The van der Waals surface area contributed by atoms with Gasteiger partial charge in [-0.1, -0.05) is 42.5 Å². The van der Waals surface area contributed by atoms with Gasteiger partial charge in [0.1, 0.15) is 6.10 Å². The molecule has 1 aliphatic heterocycles. The minimum atomic E-state index is -0.888. The topological polar surface area (TPSA) is 61.5 Å². The predicted molar refractivity (Wildman–Crippen MR) is 89.6 cm³/mol. The van der Waals surface area contributed by atoms with E-state index in [-0.39, 0.29) is 6.61 Å². The van der Waals surface area contributed by atoms with Crippen molar-refractivity contribution in [1.82, 2.24) is 14.7 Å². The van der Waals surface area contributed by atoms with E-state index < -0.39 is 6.10 Å². The first kappa shape index (κ1) is 15.9. The van der Waals surface area contributed by atoms with Crippen LogP contribution in [0.4, 0.5) is 0 Å². The van der Waals surface area contributed by atoms with Crippen LogP contribution < -0.4 is 0 Å². The molecule has 5 nitrogen and oxygen atoms in total. The Hall–Kier alpha value is -1.95. The molecule has 23 heavy (non-hydrogen) atoms. The number of aryl methyl sites for hydroxylation is 1. The zero-order valence-corrected chi connectivity index (χ0v) is 13.2. The van der Waals surface area contributed by atoms with Crippen molar-refractivity contribution in [2.24, 2.45) is 0 Å². The smallest absolute Gasteiger partial charge is 0.121 e. The highest BCUT2D eigenvalue weighted by atomic mass is 16.3. The van der Waals surface area contributed by atoms with Crippen LogP contribution in [0.15, 0.2) is 42.5 Å². The second kappa shape index (κ2) is 7.55. The van der Waals surface area contributed by atoms with Crippen molar-refractivity contribution in [3.05, 3.63) is 59.4 Å². The third-order valence-electron chi connectivity index (χ3n) is 4.10. The number of rotatable bonds is 5. The summed E-state index contributed by atoms with van der Waals surface area (Å²) in [5, 5.41) is 23.2. The van der Waals surface area contributed by atoms with E-state index in [0.717, 1.165) is 38.3 Å². The highest BCUT2D eigenvalue weighted by molar-refractivity contribution is 5.48. The fraction of sp³-hybridized carbons (Fsp3) is 0.389. The molecule has 1 aliphatic rings. The molecule has 0 radical (unpaired) electrons. The predicted octanol–water partition coefficient (Wildman–Crippen LogP) is 1.83. The second-order valence-electron chi connectivity index (χ2n) is 5.88. The van der Waals surface area contributed by atoms with Crippen LogP contribution in [0, 0.1) is 0 Å². The van der Waals surface area contributed by atoms with E-state index in [1.54, 1.807) is 0 Å². The Morgan fingerprint density at radius 2 is 2.04 bits per heavy atom. The molecule has 1 aromatic carbocycles. The number of aliphatic hydroxyl groups is 2. The summed E-state index contributed by atoms with van der Waals surface area (Å²) in [6, 6.07) is 12.2. The minimum absolute atomic E-state index is 0.292. The molecule has 1 atom stereocenters. The van der Waals surface area contributed by atoms with Gasteiger partial charge in [0.05, 0.1) is 18.0 Å². The molecule has 1 aromatic heterocycles. The van der Waals surface area contributed by atoms with E-state index in [0.29, 0.717) is 5.69 Å². The number of hydrogen-bond acceptors (Lipinski definition) is 4. The first-order valence-corrected chi connectivity index (χ1v) is 8.06. The molecule has 122 valence electrons. The molecule has 0 saturated carbocycles. The summed E-state index contributed by atoms with van der Waals surface area (Å²) in [5.74, 6) is 0. The standard InChI is InChI=1S/C18H23N3O2/c22-14-18(23)17-12-16-13-20(10-5-11-21(16)19-17)9-4-8-15-6-2-1-3-7-15/h1-4,6-8,12,18,22-23H,5,9-11,13-14H2/b8-4+/t18-/m1/s1. The molecule has 0 bridgehead atoms. The number of aromatic nitrogens is 2. The summed E-state index contributed by atoms with van der Waals surface area (Å²) in [5.41, 5.74) is 2.86. The maximum absolute atomic E-state index is 9.73. The van der Waals surface area contributed by atoms with Gasteiger partial charge >= 0.3 is 0 Å². The summed E-state index contributed by atoms with van der Waals surface area (Å²) < 4.78 is 1.95. The summed E-state index contributed by atoms with van der Waals surface area (Å²) in [7, 11) is 0. The molecule has 2 aromatic rings. The van der Waals surface area contributed by atoms with Crippen molar-refractivity contribution < 1.29 is 10.2 Å². The van der Waals surface area contributed by atoms with E-state index in [4.69, 9.17) is 5.11 Å². The highest BCUT2D eigenvalue weighted by Gasteiger charge is 2.18. The van der Waals surface area contributed by atoms with Crippen molar-refractivity contribution in [2.45, 2.75) is 25.6 Å². The number of fused-ring (bicyclic) bond motifs is 1. The number of aliphatic hydroxyl groups excluding tert-OH is 2. The number of benzene rings is 1. The van der Waals surface area contributed by atoms with Crippen molar-refractivity contribution in [2.75, 3.05) is 19.7 Å². The average Bonchev–Trinajstić information content (AvgIpc) is 2.88.